The average Bonchev–Trinajstić information content (AvgIpc) is 3.29. The molecule has 0 aliphatic carbocycles. The highest BCUT2D eigenvalue weighted by molar-refractivity contribution is 7.21. The molecule has 0 bridgehead atoms. The summed E-state index contributed by atoms with van der Waals surface area (Å²) in [5.74, 6) is 0.788. The van der Waals surface area contributed by atoms with Crippen LogP contribution in [0.1, 0.15) is 12.2 Å². The molecule has 0 radical (unpaired) electrons. The van der Waals surface area contributed by atoms with E-state index in [2.05, 4.69) is 16.4 Å². The molecule has 1 N–H and O–H groups in total. The topological polar surface area (TPSA) is 55.1 Å². The number of nitrogens with zero attached hydrogens (tertiary/aromatic N) is 1. The van der Waals surface area contributed by atoms with Crippen LogP contribution in [-0.4, -0.2) is 10.9 Å². The monoisotopic (exact) mass is 348 g/mol. The predicted molar refractivity (Wildman–Crippen MR) is 101 cm³/mol. The standard InChI is InChI=1S/C20H16N2O2S/c23-19(11-10-16-7-4-12-24-16)21-15-6-3-5-14(13-15)20-22-17-8-1-2-9-18(17)25-20/h1-9,12-13H,10-11H2,(H,21,23). The molecule has 2 aromatic heterocycles. The molecule has 0 aliphatic heterocycles. The van der Waals surface area contributed by atoms with Crippen LogP contribution in [0.4, 0.5) is 5.69 Å². The fourth-order valence-electron chi connectivity index (χ4n) is 2.64. The van der Waals surface area contributed by atoms with Crippen molar-refractivity contribution in [1.29, 1.82) is 0 Å². The normalized spacial score (nSPS) is 10.9. The molecule has 124 valence electrons. The highest BCUT2D eigenvalue weighted by Gasteiger charge is 2.08. The van der Waals surface area contributed by atoms with Gasteiger partial charge in [0, 0.05) is 24.1 Å². The Labute approximate surface area is 149 Å². The van der Waals surface area contributed by atoms with E-state index in [9.17, 15) is 4.79 Å². The minimum Gasteiger partial charge on any atom is -0.469 e. The number of rotatable bonds is 5. The number of amides is 1. The molecule has 1 amide bonds. The van der Waals surface area contributed by atoms with Crippen LogP contribution in [0.5, 0.6) is 0 Å². The van der Waals surface area contributed by atoms with E-state index in [1.165, 1.54) is 0 Å². The Bertz CT molecular complexity index is 972. The number of furan rings is 1. The van der Waals surface area contributed by atoms with Crippen LogP contribution < -0.4 is 5.32 Å². The number of fused-ring (bicyclic) bond motifs is 1. The molecule has 4 nitrogen and oxygen atoms in total. The largest absolute Gasteiger partial charge is 0.469 e. The molecule has 5 heteroatoms. The average molecular weight is 348 g/mol. The summed E-state index contributed by atoms with van der Waals surface area (Å²) in [7, 11) is 0. The number of para-hydroxylation sites is 1. The second-order valence-corrected chi connectivity index (χ2v) is 6.73. The van der Waals surface area contributed by atoms with Crippen molar-refractivity contribution in [3.8, 4) is 10.6 Å². The smallest absolute Gasteiger partial charge is 0.224 e. The molecular weight excluding hydrogens is 332 g/mol. The van der Waals surface area contributed by atoms with E-state index in [1.54, 1.807) is 17.6 Å². The highest BCUT2D eigenvalue weighted by Crippen LogP contribution is 2.31. The number of aryl methyl sites for hydroxylation is 1. The van der Waals surface area contributed by atoms with Crippen LogP contribution in [0, 0.1) is 0 Å². The van der Waals surface area contributed by atoms with Gasteiger partial charge in [0.1, 0.15) is 10.8 Å². The maximum absolute atomic E-state index is 12.1. The zero-order valence-corrected chi connectivity index (χ0v) is 14.3. The van der Waals surface area contributed by atoms with Gasteiger partial charge in [-0.25, -0.2) is 4.98 Å². The van der Waals surface area contributed by atoms with Gasteiger partial charge in [0.05, 0.1) is 16.5 Å². The van der Waals surface area contributed by atoms with Gasteiger partial charge >= 0.3 is 0 Å². The number of nitrogens with one attached hydrogen (secondary N) is 1. The molecule has 0 saturated heterocycles. The first kappa shape index (κ1) is 15.6. The first-order valence-electron chi connectivity index (χ1n) is 8.06. The number of hydrogen-bond acceptors (Lipinski definition) is 4. The lowest BCUT2D eigenvalue weighted by molar-refractivity contribution is -0.116. The summed E-state index contributed by atoms with van der Waals surface area (Å²) in [5.41, 5.74) is 2.78. The van der Waals surface area contributed by atoms with Crippen LogP contribution in [0.3, 0.4) is 0 Å². The number of anilines is 1. The fourth-order valence-corrected chi connectivity index (χ4v) is 3.60. The summed E-state index contributed by atoms with van der Waals surface area (Å²) >= 11 is 1.65. The van der Waals surface area contributed by atoms with E-state index in [4.69, 9.17) is 4.42 Å². The summed E-state index contributed by atoms with van der Waals surface area (Å²) in [4.78, 5) is 16.8. The van der Waals surface area contributed by atoms with E-state index in [1.807, 2.05) is 54.6 Å². The van der Waals surface area contributed by atoms with E-state index in [0.717, 1.165) is 32.2 Å². The van der Waals surface area contributed by atoms with Crippen molar-refractivity contribution in [1.82, 2.24) is 4.98 Å². The maximum Gasteiger partial charge on any atom is 0.224 e. The second kappa shape index (κ2) is 6.91. The van der Waals surface area contributed by atoms with Crippen molar-refractivity contribution in [3.05, 3.63) is 72.7 Å². The molecule has 2 aromatic carbocycles. The van der Waals surface area contributed by atoms with Crippen LogP contribution in [0.2, 0.25) is 0 Å². The number of benzene rings is 2. The van der Waals surface area contributed by atoms with E-state index >= 15 is 0 Å². The van der Waals surface area contributed by atoms with Gasteiger partial charge in [0.25, 0.3) is 0 Å². The Morgan fingerprint density at radius 2 is 2.00 bits per heavy atom. The minimum absolute atomic E-state index is 0.0298. The van der Waals surface area contributed by atoms with Crippen molar-refractivity contribution in [2.45, 2.75) is 12.8 Å². The Kier molecular flexibility index (Phi) is 4.31. The third-order valence-corrected chi connectivity index (χ3v) is 4.95. The molecule has 25 heavy (non-hydrogen) atoms. The number of hydrogen-bond donors (Lipinski definition) is 1. The molecule has 2 heterocycles. The Morgan fingerprint density at radius 1 is 1.08 bits per heavy atom. The molecule has 0 fully saturated rings. The lowest BCUT2D eigenvalue weighted by atomic mass is 10.2. The minimum atomic E-state index is -0.0298. The number of thiazole rings is 1. The first-order chi connectivity index (χ1) is 12.3. The summed E-state index contributed by atoms with van der Waals surface area (Å²) in [6, 6.07) is 19.6. The van der Waals surface area contributed by atoms with Gasteiger partial charge in [-0.3, -0.25) is 4.79 Å². The first-order valence-corrected chi connectivity index (χ1v) is 8.88. The third kappa shape index (κ3) is 3.61. The van der Waals surface area contributed by atoms with E-state index < -0.39 is 0 Å². The lowest BCUT2D eigenvalue weighted by Crippen LogP contribution is -2.12. The van der Waals surface area contributed by atoms with Crippen molar-refractivity contribution >= 4 is 33.1 Å². The van der Waals surface area contributed by atoms with E-state index in [-0.39, 0.29) is 5.91 Å². The number of carbonyl (C=O) groups excluding carboxylic acids is 1. The van der Waals surface area contributed by atoms with Gasteiger partial charge in [-0.1, -0.05) is 24.3 Å². The Balaban J connectivity index is 1.48. The van der Waals surface area contributed by atoms with Crippen molar-refractivity contribution in [2.75, 3.05) is 5.32 Å². The van der Waals surface area contributed by atoms with Crippen molar-refractivity contribution in [3.63, 3.8) is 0 Å². The Hall–Kier alpha value is -2.92. The van der Waals surface area contributed by atoms with Crippen LogP contribution in [0.25, 0.3) is 20.8 Å². The summed E-state index contributed by atoms with van der Waals surface area (Å²) < 4.78 is 6.41. The molecular formula is C20H16N2O2S. The predicted octanol–water partition coefficient (Wildman–Crippen LogP) is 5.13. The molecule has 0 atom stereocenters. The zero-order chi connectivity index (χ0) is 17.1. The fraction of sp³-hybridized carbons (Fsp3) is 0.100. The van der Waals surface area contributed by atoms with Crippen molar-refractivity contribution in [2.24, 2.45) is 0 Å². The third-order valence-electron chi connectivity index (χ3n) is 3.87. The van der Waals surface area contributed by atoms with Gasteiger partial charge in [0.15, 0.2) is 0 Å². The quantitative estimate of drug-likeness (QED) is 0.544. The van der Waals surface area contributed by atoms with Gasteiger partial charge in [-0.2, -0.15) is 0 Å². The van der Waals surface area contributed by atoms with Crippen molar-refractivity contribution < 1.29 is 9.21 Å². The lowest BCUT2D eigenvalue weighted by Gasteiger charge is -2.06. The zero-order valence-electron chi connectivity index (χ0n) is 13.4. The molecule has 0 spiro atoms. The summed E-state index contributed by atoms with van der Waals surface area (Å²) in [6.07, 6.45) is 2.60. The summed E-state index contributed by atoms with van der Waals surface area (Å²) in [5, 5.41) is 3.90. The van der Waals surface area contributed by atoms with Crippen LogP contribution >= 0.6 is 11.3 Å². The van der Waals surface area contributed by atoms with Gasteiger partial charge in [-0.15, -0.1) is 11.3 Å². The van der Waals surface area contributed by atoms with E-state index in [0.29, 0.717) is 12.8 Å². The SMILES string of the molecule is O=C(CCc1ccco1)Nc1cccc(-c2nc3ccccc3s2)c1. The molecule has 0 aliphatic rings. The highest BCUT2D eigenvalue weighted by atomic mass is 32.1. The van der Waals surface area contributed by atoms with Gasteiger partial charge in [-0.05, 0) is 36.4 Å². The second-order valence-electron chi connectivity index (χ2n) is 5.70. The Morgan fingerprint density at radius 3 is 2.84 bits per heavy atom. The number of aromatic nitrogens is 1. The number of carbonyl (C=O) groups is 1. The molecule has 0 saturated carbocycles. The van der Waals surface area contributed by atoms with Crippen LogP contribution in [-0.2, 0) is 11.2 Å². The molecule has 4 rings (SSSR count). The maximum atomic E-state index is 12.1. The molecule has 4 aromatic rings. The summed E-state index contributed by atoms with van der Waals surface area (Å²) in [6.45, 7) is 0. The van der Waals surface area contributed by atoms with Gasteiger partial charge < -0.3 is 9.73 Å². The molecule has 0 unspecified atom stereocenters. The van der Waals surface area contributed by atoms with Crippen LogP contribution in [0.15, 0.2) is 71.3 Å². The van der Waals surface area contributed by atoms with Gasteiger partial charge in [0.2, 0.25) is 5.91 Å².